The van der Waals surface area contributed by atoms with Crippen molar-refractivity contribution in [2.45, 2.75) is 6.18 Å². The molecule has 0 heterocycles. The van der Waals surface area contributed by atoms with E-state index in [0.717, 1.165) is 0 Å². The Labute approximate surface area is 53.6 Å². The van der Waals surface area contributed by atoms with Gasteiger partial charge in [0.05, 0.1) is 0 Å². The number of rotatable bonds is 2. The maximum absolute atomic E-state index is 11.1. The van der Waals surface area contributed by atoms with Gasteiger partial charge in [0.25, 0.3) is 0 Å². The lowest BCUT2D eigenvalue weighted by atomic mass is 10.7. The smallest absolute Gasteiger partial charge is 0.333 e. The fourth-order valence-corrected chi connectivity index (χ4v) is 0.154. The monoisotopic (exact) mass is 159 g/mol. The quantitative estimate of drug-likeness (QED) is 0.473. The maximum atomic E-state index is 11.1. The highest BCUT2D eigenvalue weighted by Crippen LogP contribution is 2.14. The summed E-state index contributed by atoms with van der Waals surface area (Å²) in [6.07, 6.45) is -5.93. The summed E-state index contributed by atoms with van der Waals surface area (Å²) in [5, 5.41) is 0. The first kappa shape index (κ1) is 9.02. The van der Waals surface area contributed by atoms with Crippen LogP contribution in [0.5, 0.6) is 0 Å². The van der Waals surface area contributed by atoms with Crippen molar-refractivity contribution in [1.82, 2.24) is 0 Å². The van der Waals surface area contributed by atoms with Gasteiger partial charge in [-0.3, -0.25) is 4.89 Å². The number of alkyl halides is 3. The van der Waals surface area contributed by atoms with Gasteiger partial charge in [-0.25, -0.2) is 4.79 Å². The van der Waals surface area contributed by atoms with E-state index in [1.807, 2.05) is 0 Å². The fourth-order valence-electron chi connectivity index (χ4n) is 0.154. The van der Waals surface area contributed by atoms with Crippen LogP contribution in [-0.2, 0) is 9.78 Å². The molecule has 0 atom stereocenters. The molecule has 7 heteroatoms. The van der Waals surface area contributed by atoms with Crippen molar-refractivity contribution >= 4 is 6.09 Å². The van der Waals surface area contributed by atoms with Crippen molar-refractivity contribution < 1.29 is 27.7 Å². The molecule has 0 fully saturated rings. The molecular formula is C3H4F3NO3. The molecule has 0 aromatic heterocycles. The van der Waals surface area contributed by atoms with E-state index >= 15 is 0 Å². The second kappa shape index (κ2) is 3.25. The molecule has 0 aromatic carbocycles. The second-order valence-electron chi connectivity index (χ2n) is 1.28. The average molecular weight is 159 g/mol. The first-order valence-electron chi connectivity index (χ1n) is 2.07. The molecule has 0 radical (unpaired) electrons. The van der Waals surface area contributed by atoms with E-state index < -0.39 is 18.9 Å². The third-order valence-electron chi connectivity index (χ3n) is 0.364. The minimum absolute atomic E-state index is 1.41. The molecule has 2 N–H and O–H groups in total. The molecule has 0 rings (SSSR count). The highest BCUT2D eigenvalue weighted by Gasteiger charge is 2.28. The van der Waals surface area contributed by atoms with Gasteiger partial charge in [0.1, 0.15) is 0 Å². The Bertz CT molecular complexity index is 123. The van der Waals surface area contributed by atoms with Gasteiger partial charge < -0.3 is 5.73 Å². The number of carbonyl (C=O) groups excluding carboxylic acids is 1. The zero-order valence-corrected chi connectivity index (χ0v) is 4.64. The van der Waals surface area contributed by atoms with Crippen LogP contribution in [0, 0.1) is 0 Å². The molecule has 0 saturated carbocycles. The van der Waals surface area contributed by atoms with Gasteiger partial charge >= 0.3 is 12.3 Å². The molecule has 10 heavy (non-hydrogen) atoms. The normalized spacial score (nSPS) is 11.1. The first-order chi connectivity index (χ1) is 4.42. The Morgan fingerprint density at radius 2 is 2.00 bits per heavy atom. The van der Waals surface area contributed by atoms with Crippen LogP contribution in [0.15, 0.2) is 0 Å². The summed E-state index contributed by atoms with van der Waals surface area (Å²) >= 11 is 0. The highest BCUT2D eigenvalue weighted by molar-refractivity contribution is 5.63. The zero-order valence-electron chi connectivity index (χ0n) is 4.64. The SMILES string of the molecule is NC(=O)OOCC(F)(F)F. The zero-order chi connectivity index (χ0) is 8.20. The third kappa shape index (κ3) is 7.02. The van der Waals surface area contributed by atoms with Gasteiger partial charge in [0, 0.05) is 0 Å². The topological polar surface area (TPSA) is 61.6 Å². The number of hydrogen-bond acceptors (Lipinski definition) is 3. The van der Waals surface area contributed by atoms with Crippen LogP contribution in [0.2, 0.25) is 0 Å². The number of primary amides is 1. The largest absolute Gasteiger partial charge is 0.436 e. The van der Waals surface area contributed by atoms with Crippen molar-refractivity contribution in [3.63, 3.8) is 0 Å². The van der Waals surface area contributed by atoms with Gasteiger partial charge in [-0.15, -0.1) is 0 Å². The predicted molar refractivity (Wildman–Crippen MR) is 22.7 cm³/mol. The van der Waals surface area contributed by atoms with E-state index in [0.29, 0.717) is 0 Å². The molecular weight excluding hydrogens is 155 g/mol. The van der Waals surface area contributed by atoms with Crippen LogP contribution >= 0.6 is 0 Å². The van der Waals surface area contributed by atoms with Crippen LogP contribution in [0.25, 0.3) is 0 Å². The molecule has 0 bridgehead atoms. The summed E-state index contributed by atoms with van der Waals surface area (Å²) in [6, 6.07) is 0. The fraction of sp³-hybridized carbons (Fsp3) is 0.667. The summed E-state index contributed by atoms with van der Waals surface area (Å²) < 4.78 is 33.4. The third-order valence-corrected chi connectivity index (χ3v) is 0.364. The molecule has 0 unspecified atom stereocenters. The minimum Gasteiger partial charge on any atom is -0.333 e. The van der Waals surface area contributed by atoms with E-state index in [1.54, 1.807) is 0 Å². The van der Waals surface area contributed by atoms with Gasteiger partial charge in [-0.1, -0.05) is 0 Å². The second-order valence-corrected chi connectivity index (χ2v) is 1.28. The minimum atomic E-state index is -4.52. The van der Waals surface area contributed by atoms with Crippen molar-refractivity contribution in [1.29, 1.82) is 0 Å². The molecule has 0 aromatic rings. The lowest BCUT2D eigenvalue weighted by Gasteiger charge is -2.03. The number of nitrogens with two attached hydrogens (primary N) is 1. The predicted octanol–water partition coefficient (Wildman–Crippen LogP) is 0.576. The Balaban J connectivity index is 3.29. The molecule has 4 nitrogen and oxygen atoms in total. The van der Waals surface area contributed by atoms with Crippen molar-refractivity contribution in [3.05, 3.63) is 0 Å². The lowest BCUT2D eigenvalue weighted by molar-refractivity contribution is -0.300. The van der Waals surface area contributed by atoms with Crippen LogP contribution < -0.4 is 5.73 Å². The molecule has 1 amide bonds. The first-order valence-corrected chi connectivity index (χ1v) is 2.07. The van der Waals surface area contributed by atoms with Gasteiger partial charge in [0.2, 0.25) is 0 Å². The molecule has 0 spiro atoms. The number of amides is 1. The maximum Gasteiger partial charge on any atom is 0.436 e. The Kier molecular flexibility index (Phi) is 2.94. The molecule has 0 aliphatic heterocycles. The Hall–Kier alpha value is -0.980. The highest BCUT2D eigenvalue weighted by atomic mass is 19.4. The van der Waals surface area contributed by atoms with Crippen LogP contribution in [0.4, 0.5) is 18.0 Å². The summed E-state index contributed by atoms with van der Waals surface area (Å²) in [6.45, 7) is -1.66. The van der Waals surface area contributed by atoms with Gasteiger partial charge in [0.15, 0.2) is 6.61 Å². The summed E-state index contributed by atoms with van der Waals surface area (Å²) in [5.41, 5.74) is 4.27. The summed E-state index contributed by atoms with van der Waals surface area (Å²) in [4.78, 5) is 16.3. The van der Waals surface area contributed by atoms with E-state index in [1.165, 1.54) is 0 Å². The van der Waals surface area contributed by atoms with Gasteiger partial charge in [-0.2, -0.15) is 18.1 Å². The van der Waals surface area contributed by atoms with E-state index in [-0.39, 0.29) is 0 Å². The van der Waals surface area contributed by atoms with E-state index in [2.05, 4.69) is 15.5 Å². The van der Waals surface area contributed by atoms with Crippen LogP contribution in [-0.4, -0.2) is 18.9 Å². The van der Waals surface area contributed by atoms with Crippen molar-refractivity contribution in [3.8, 4) is 0 Å². The van der Waals surface area contributed by atoms with Crippen LogP contribution in [0.3, 0.4) is 0 Å². The van der Waals surface area contributed by atoms with Crippen LogP contribution in [0.1, 0.15) is 0 Å². The number of halogens is 3. The number of hydrogen-bond donors (Lipinski definition) is 1. The standard InChI is InChI=1S/C3H4F3NO3/c4-3(5,6)1-9-10-2(7)8/h1H2,(H2,7,8). The Morgan fingerprint density at radius 1 is 1.50 bits per heavy atom. The summed E-state index contributed by atoms with van der Waals surface area (Å²) in [5.74, 6) is 0. The molecule has 0 aliphatic carbocycles. The summed E-state index contributed by atoms with van der Waals surface area (Å²) in [7, 11) is 0. The van der Waals surface area contributed by atoms with E-state index in [4.69, 9.17) is 0 Å². The molecule has 0 aliphatic rings. The Morgan fingerprint density at radius 3 is 2.30 bits per heavy atom. The van der Waals surface area contributed by atoms with Crippen molar-refractivity contribution in [2.24, 2.45) is 5.73 Å². The lowest BCUT2D eigenvalue weighted by Crippen LogP contribution is -2.21. The molecule has 60 valence electrons. The average Bonchev–Trinajstić information content (AvgIpc) is 1.59. The van der Waals surface area contributed by atoms with Gasteiger partial charge in [-0.05, 0) is 0 Å². The van der Waals surface area contributed by atoms with E-state index in [9.17, 15) is 18.0 Å². The molecule has 0 saturated heterocycles. The van der Waals surface area contributed by atoms with Crippen molar-refractivity contribution in [2.75, 3.05) is 6.61 Å². The number of carbonyl (C=O) groups is 1.